The summed E-state index contributed by atoms with van der Waals surface area (Å²) < 4.78 is 0. The monoisotopic (exact) mass is 507 g/mol. The van der Waals surface area contributed by atoms with Gasteiger partial charge in [-0.25, -0.2) is 4.79 Å². The molecule has 1 aliphatic rings. The molecule has 1 aliphatic heterocycles. The number of carboxylic acids is 1. The third kappa shape index (κ3) is 8.18. The molecule has 1 aromatic carbocycles. The van der Waals surface area contributed by atoms with Gasteiger partial charge in [0.25, 0.3) is 0 Å². The van der Waals surface area contributed by atoms with Crippen LogP contribution in [-0.2, 0) is 25.6 Å². The van der Waals surface area contributed by atoms with Crippen molar-refractivity contribution in [1.29, 1.82) is 0 Å². The van der Waals surface area contributed by atoms with Gasteiger partial charge in [-0.05, 0) is 56.8 Å². The number of carbonyl (C=O) groups excluding carboxylic acids is 3. The number of hydrogen-bond acceptors (Lipinski definition) is 8. The van der Waals surface area contributed by atoms with Crippen LogP contribution < -0.4 is 22.1 Å². The number of carbonyl (C=O) groups is 4. The number of hydrogen-bond donors (Lipinski definition) is 7. The van der Waals surface area contributed by atoms with Crippen molar-refractivity contribution in [3.63, 3.8) is 0 Å². The Kier molecular flexibility index (Phi) is 11.1. The number of amides is 3. The maximum absolute atomic E-state index is 13.0. The van der Waals surface area contributed by atoms with Gasteiger partial charge in [0.15, 0.2) is 0 Å². The summed E-state index contributed by atoms with van der Waals surface area (Å²) in [5.41, 5.74) is 12.0. The van der Waals surface area contributed by atoms with Crippen LogP contribution in [0.15, 0.2) is 24.3 Å². The van der Waals surface area contributed by atoms with Crippen LogP contribution >= 0.6 is 0 Å². The largest absolute Gasteiger partial charge is 0.508 e. The minimum atomic E-state index is -1.44. The summed E-state index contributed by atoms with van der Waals surface area (Å²) in [5, 5.41) is 33.9. The quantitative estimate of drug-likeness (QED) is 0.160. The van der Waals surface area contributed by atoms with Crippen molar-refractivity contribution in [2.24, 2.45) is 11.5 Å². The van der Waals surface area contributed by atoms with E-state index in [1.165, 1.54) is 36.1 Å². The Morgan fingerprint density at radius 1 is 1.14 bits per heavy atom. The van der Waals surface area contributed by atoms with E-state index in [-0.39, 0.29) is 18.1 Å². The number of rotatable bonds is 13. The third-order valence-electron chi connectivity index (χ3n) is 6.18. The van der Waals surface area contributed by atoms with Crippen LogP contribution in [-0.4, -0.2) is 87.3 Å². The molecule has 1 fully saturated rings. The van der Waals surface area contributed by atoms with Gasteiger partial charge in [0, 0.05) is 13.0 Å². The summed E-state index contributed by atoms with van der Waals surface area (Å²) in [4.78, 5) is 51.8. The number of likely N-dealkylation sites (tertiary alicyclic amines) is 1. The first kappa shape index (κ1) is 29.0. The summed E-state index contributed by atoms with van der Waals surface area (Å²) in [6.07, 6.45) is 1.42. The van der Waals surface area contributed by atoms with Gasteiger partial charge in [-0.3, -0.25) is 14.4 Å². The molecule has 200 valence electrons. The van der Waals surface area contributed by atoms with E-state index in [2.05, 4.69) is 10.6 Å². The first-order valence-electron chi connectivity index (χ1n) is 12.1. The molecule has 2 rings (SSSR count). The number of nitrogens with two attached hydrogens (primary N) is 2. The average Bonchev–Trinajstić information content (AvgIpc) is 3.32. The lowest BCUT2D eigenvalue weighted by Gasteiger charge is -2.29. The van der Waals surface area contributed by atoms with E-state index in [4.69, 9.17) is 11.5 Å². The van der Waals surface area contributed by atoms with Gasteiger partial charge in [0.1, 0.15) is 23.9 Å². The minimum Gasteiger partial charge on any atom is -0.508 e. The highest BCUT2D eigenvalue weighted by Gasteiger charge is 2.38. The molecule has 0 radical (unpaired) electrons. The Bertz CT molecular complexity index is 909. The van der Waals surface area contributed by atoms with Crippen LogP contribution in [0, 0.1) is 0 Å². The second-order valence-corrected chi connectivity index (χ2v) is 9.08. The molecule has 5 atom stereocenters. The number of aliphatic carboxylic acids is 1. The number of nitrogens with one attached hydrogen (secondary N) is 2. The number of unbranched alkanes of at least 4 members (excludes halogenated alkanes) is 1. The summed E-state index contributed by atoms with van der Waals surface area (Å²) in [7, 11) is 0. The fourth-order valence-electron chi connectivity index (χ4n) is 4.13. The van der Waals surface area contributed by atoms with Gasteiger partial charge >= 0.3 is 5.97 Å². The molecule has 12 nitrogen and oxygen atoms in total. The van der Waals surface area contributed by atoms with Gasteiger partial charge < -0.3 is 42.3 Å². The standard InChI is InChI=1S/C24H37N5O7/c1-14(30)20(22(33)27-18(24(35)36)13-15-7-9-16(31)10-8-15)28-21(32)19-6-4-12-29(19)23(34)17(26)5-2-3-11-25/h7-10,14,17-20,30-31H,2-6,11-13,25-26H2,1H3,(H,27,33)(H,28,32)(H,35,36). The first-order valence-corrected chi connectivity index (χ1v) is 12.1. The number of benzene rings is 1. The highest BCUT2D eigenvalue weighted by molar-refractivity contribution is 5.94. The maximum atomic E-state index is 13.0. The molecule has 0 aromatic heterocycles. The molecule has 0 saturated carbocycles. The fraction of sp³-hybridized carbons (Fsp3) is 0.583. The zero-order chi connectivity index (χ0) is 26.8. The number of aliphatic hydroxyl groups is 1. The zero-order valence-electron chi connectivity index (χ0n) is 20.4. The molecule has 0 spiro atoms. The van der Waals surface area contributed by atoms with E-state index >= 15 is 0 Å². The lowest BCUT2D eigenvalue weighted by Crippen LogP contribution is -2.59. The Labute approximate surface area is 210 Å². The van der Waals surface area contributed by atoms with E-state index in [0.717, 1.165) is 6.42 Å². The van der Waals surface area contributed by atoms with Gasteiger partial charge in [-0.15, -0.1) is 0 Å². The number of aliphatic hydroxyl groups excluding tert-OH is 1. The van der Waals surface area contributed by atoms with Crippen LogP contribution in [0.1, 0.15) is 44.6 Å². The predicted molar refractivity (Wildman–Crippen MR) is 131 cm³/mol. The molecule has 12 heteroatoms. The number of nitrogens with zero attached hydrogens (tertiary/aromatic N) is 1. The van der Waals surface area contributed by atoms with Crippen molar-refractivity contribution < 1.29 is 34.5 Å². The van der Waals surface area contributed by atoms with Crippen LogP contribution in [0.4, 0.5) is 0 Å². The normalized spacial score (nSPS) is 18.7. The molecule has 3 amide bonds. The van der Waals surface area contributed by atoms with Crippen LogP contribution in [0.5, 0.6) is 5.75 Å². The molecular formula is C24H37N5O7. The van der Waals surface area contributed by atoms with Crippen molar-refractivity contribution in [2.45, 2.75) is 75.7 Å². The van der Waals surface area contributed by atoms with Gasteiger partial charge in [-0.2, -0.15) is 0 Å². The Morgan fingerprint density at radius 3 is 2.39 bits per heavy atom. The number of phenols is 1. The van der Waals surface area contributed by atoms with E-state index in [0.29, 0.717) is 44.3 Å². The maximum Gasteiger partial charge on any atom is 0.326 e. The summed E-state index contributed by atoms with van der Waals surface area (Å²) in [5.74, 6) is -3.14. The highest BCUT2D eigenvalue weighted by atomic mass is 16.4. The van der Waals surface area contributed by atoms with Crippen molar-refractivity contribution in [3.05, 3.63) is 29.8 Å². The SMILES string of the molecule is CC(O)C(NC(=O)C1CCCN1C(=O)C(N)CCCCN)C(=O)NC(Cc1ccc(O)cc1)C(=O)O. The Balaban J connectivity index is 2.05. The molecule has 0 aliphatic carbocycles. The minimum absolute atomic E-state index is 0.0162. The summed E-state index contributed by atoms with van der Waals surface area (Å²) in [6.45, 7) is 2.14. The molecule has 0 bridgehead atoms. The average molecular weight is 508 g/mol. The molecule has 9 N–H and O–H groups in total. The molecule has 5 unspecified atom stereocenters. The molecular weight excluding hydrogens is 470 g/mol. The number of carboxylic acid groups (broad SMARTS) is 1. The zero-order valence-corrected chi connectivity index (χ0v) is 20.4. The van der Waals surface area contributed by atoms with Crippen LogP contribution in [0.25, 0.3) is 0 Å². The van der Waals surface area contributed by atoms with Crippen molar-refractivity contribution in [1.82, 2.24) is 15.5 Å². The van der Waals surface area contributed by atoms with E-state index in [9.17, 15) is 34.5 Å². The van der Waals surface area contributed by atoms with E-state index < -0.39 is 48.1 Å². The molecule has 1 heterocycles. The lowest BCUT2D eigenvalue weighted by molar-refractivity contribution is -0.144. The van der Waals surface area contributed by atoms with Gasteiger partial charge in [0.2, 0.25) is 17.7 Å². The fourth-order valence-corrected chi connectivity index (χ4v) is 4.13. The lowest BCUT2D eigenvalue weighted by atomic mass is 10.0. The predicted octanol–water partition coefficient (Wildman–Crippen LogP) is -1.18. The van der Waals surface area contributed by atoms with Crippen LogP contribution in [0.3, 0.4) is 0 Å². The summed E-state index contributed by atoms with van der Waals surface area (Å²) >= 11 is 0. The topological polar surface area (TPSA) is 208 Å². The highest BCUT2D eigenvalue weighted by Crippen LogP contribution is 2.20. The van der Waals surface area contributed by atoms with Gasteiger partial charge in [-0.1, -0.05) is 18.6 Å². The third-order valence-corrected chi connectivity index (χ3v) is 6.18. The number of phenolic OH excluding ortho intramolecular Hbond substituents is 1. The van der Waals surface area contributed by atoms with Crippen molar-refractivity contribution in [3.8, 4) is 5.75 Å². The molecule has 1 saturated heterocycles. The van der Waals surface area contributed by atoms with Crippen LogP contribution in [0.2, 0.25) is 0 Å². The Morgan fingerprint density at radius 2 is 1.81 bits per heavy atom. The second-order valence-electron chi connectivity index (χ2n) is 9.08. The first-order chi connectivity index (χ1) is 17.0. The molecule has 36 heavy (non-hydrogen) atoms. The summed E-state index contributed by atoms with van der Waals surface area (Å²) in [6, 6.07) is 1.46. The van der Waals surface area contributed by atoms with Gasteiger partial charge in [0.05, 0.1) is 12.1 Å². The van der Waals surface area contributed by atoms with Crippen molar-refractivity contribution >= 4 is 23.7 Å². The number of aromatic hydroxyl groups is 1. The smallest absolute Gasteiger partial charge is 0.326 e. The van der Waals surface area contributed by atoms with E-state index in [1.807, 2.05) is 0 Å². The van der Waals surface area contributed by atoms with Crippen molar-refractivity contribution in [2.75, 3.05) is 13.1 Å². The second kappa shape index (κ2) is 13.8. The Hall–Kier alpha value is -3.22. The molecule has 1 aromatic rings. The van der Waals surface area contributed by atoms with E-state index in [1.54, 1.807) is 0 Å².